The van der Waals surface area contributed by atoms with E-state index >= 15 is 0 Å². The third-order valence-corrected chi connectivity index (χ3v) is 4.24. The molecule has 0 aliphatic heterocycles. The number of fused-ring (bicyclic) bond motifs is 1. The highest BCUT2D eigenvalue weighted by Crippen LogP contribution is 2.33. The first kappa shape index (κ1) is 14.1. The van der Waals surface area contributed by atoms with Crippen LogP contribution in [0.3, 0.4) is 0 Å². The number of nitrogens with one attached hydrogen (secondary N) is 2. The van der Waals surface area contributed by atoms with E-state index in [0.29, 0.717) is 18.8 Å². The van der Waals surface area contributed by atoms with Crippen LogP contribution in [0.4, 0.5) is 0 Å². The van der Waals surface area contributed by atoms with Crippen LogP contribution in [-0.2, 0) is 11.2 Å². The van der Waals surface area contributed by atoms with Crippen LogP contribution in [0.1, 0.15) is 31.2 Å². The number of aliphatic hydroxyl groups is 1. The molecule has 2 aromatic rings. The molecule has 3 N–H and O–H groups in total. The first-order chi connectivity index (χ1) is 10.3. The van der Waals surface area contributed by atoms with Gasteiger partial charge in [-0.15, -0.1) is 0 Å². The van der Waals surface area contributed by atoms with Crippen LogP contribution in [0, 0.1) is 5.92 Å². The zero-order valence-electron chi connectivity index (χ0n) is 12.1. The summed E-state index contributed by atoms with van der Waals surface area (Å²) in [5.74, 6) is 0.673. The van der Waals surface area contributed by atoms with Gasteiger partial charge in [0.1, 0.15) is 0 Å². The summed E-state index contributed by atoms with van der Waals surface area (Å²) in [6.07, 6.45) is 6.21. The van der Waals surface area contributed by atoms with E-state index < -0.39 is 0 Å². The van der Waals surface area contributed by atoms with Gasteiger partial charge in [-0.3, -0.25) is 4.79 Å². The van der Waals surface area contributed by atoms with Gasteiger partial charge in [-0.25, -0.2) is 0 Å². The van der Waals surface area contributed by atoms with Gasteiger partial charge in [0, 0.05) is 30.8 Å². The van der Waals surface area contributed by atoms with Crippen LogP contribution < -0.4 is 5.32 Å². The second kappa shape index (κ2) is 6.31. The second-order valence-electron chi connectivity index (χ2n) is 5.92. The Hall–Kier alpha value is -1.81. The molecule has 1 atom stereocenters. The summed E-state index contributed by atoms with van der Waals surface area (Å²) < 4.78 is 0. The number of hydrogen-bond acceptors (Lipinski definition) is 2. The van der Waals surface area contributed by atoms with Crippen molar-refractivity contribution < 1.29 is 9.90 Å². The van der Waals surface area contributed by atoms with E-state index in [-0.39, 0.29) is 18.6 Å². The Morgan fingerprint density at radius 1 is 1.38 bits per heavy atom. The lowest BCUT2D eigenvalue weighted by atomic mass is 10.1. The van der Waals surface area contributed by atoms with E-state index in [4.69, 9.17) is 5.11 Å². The van der Waals surface area contributed by atoms with Crippen molar-refractivity contribution in [2.75, 3.05) is 6.61 Å². The van der Waals surface area contributed by atoms with Gasteiger partial charge in [-0.2, -0.15) is 0 Å². The number of aromatic nitrogens is 1. The van der Waals surface area contributed by atoms with Gasteiger partial charge in [0.05, 0.1) is 0 Å². The van der Waals surface area contributed by atoms with E-state index in [1.54, 1.807) is 0 Å². The highest BCUT2D eigenvalue weighted by atomic mass is 16.3. The molecule has 1 aromatic carbocycles. The Bertz CT molecular complexity index is 616. The topological polar surface area (TPSA) is 65.1 Å². The molecule has 1 saturated carbocycles. The molecule has 1 aliphatic rings. The van der Waals surface area contributed by atoms with Crippen molar-refractivity contribution in [3.05, 3.63) is 36.0 Å². The van der Waals surface area contributed by atoms with E-state index in [1.807, 2.05) is 12.3 Å². The Morgan fingerprint density at radius 3 is 3.00 bits per heavy atom. The lowest BCUT2D eigenvalue weighted by molar-refractivity contribution is -0.122. The van der Waals surface area contributed by atoms with Crippen molar-refractivity contribution in [3.63, 3.8) is 0 Å². The molecule has 1 unspecified atom stereocenters. The summed E-state index contributed by atoms with van der Waals surface area (Å²) in [6.45, 7) is 0.144. The van der Waals surface area contributed by atoms with Crippen molar-refractivity contribution in [1.82, 2.24) is 10.3 Å². The molecule has 21 heavy (non-hydrogen) atoms. The number of aryl methyl sites for hydroxylation is 1. The Morgan fingerprint density at radius 2 is 2.24 bits per heavy atom. The number of benzene rings is 1. The summed E-state index contributed by atoms with van der Waals surface area (Å²) in [5, 5.41) is 13.3. The van der Waals surface area contributed by atoms with Crippen LogP contribution in [0.15, 0.2) is 30.5 Å². The third-order valence-electron chi connectivity index (χ3n) is 4.24. The number of aromatic amines is 1. The van der Waals surface area contributed by atoms with Crippen LogP contribution in [0.2, 0.25) is 0 Å². The highest BCUT2D eigenvalue weighted by molar-refractivity contribution is 5.80. The molecule has 4 heteroatoms. The van der Waals surface area contributed by atoms with Crippen molar-refractivity contribution >= 4 is 16.8 Å². The largest absolute Gasteiger partial charge is 0.396 e. The van der Waals surface area contributed by atoms with Gasteiger partial charge in [0.25, 0.3) is 0 Å². The number of hydrogen-bond donors (Lipinski definition) is 3. The summed E-state index contributed by atoms with van der Waals surface area (Å²) in [5.41, 5.74) is 2.31. The molecule has 112 valence electrons. The van der Waals surface area contributed by atoms with Gasteiger partial charge < -0.3 is 15.4 Å². The zero-order valence-corrected chi connectivity index (χ0v) is 12.1. The molecule has 1 aromatic heterocycles. The molecule has 0 spiro atoms. The number of H-pyrrole nitrogens is 1. The second-order valence-corrected chi connectivity index (χ2v) is 5.92. The highest BCUT2D eigenvalue weighted by Gasteiger charge is 2.31. The van der Waals surface area contributed by atoms with Crippen LogP contribution >= 0.6 is 0 Å². The monoisotopic (exact) mass is 286 g/mol. The molecule has 4 nitrogen and oxygen atoms in total. The molecule has 0 bridgehead atoms. The van der Waals surface area contributed by atoms with E-state index in [1.165, 1.54) is 23.8 Å². The quantitative estimate of drug-likeness (QED) is 0.731. The lowest BCUT2D eigenvalue weighted by Gasteiger charge is -2.17. The standard InChI is InChI=1S/C17H22N2O2/c20-10-8-16(13-3-4-13)19-17(21)6-2-12-1-5-15-14(11-12)7-9-18-15/h1,5,7,9,11,13,16,18,20H,2-4,6,8,10H2,(H,19,21). The molecular weight excluding hydrogens is 264 g/mol. The Kier molecular flexibility index (Phi) is 4.25. The average molecular weight is 286 g/mol. The first-order valence-corrected chi connectivity index (χ1v) is 7.72. The number of amides is 1. The fourth-order valence-electron chi connectivity index (χ4n) is 2.86. The van der Waals surface area contributed by atoms with Gasteiger partial charge in [-0.1, -0.05) is 6.07 Å². The van der Waals surface area contributed by atoms with Crippen LogP contribution in [-0.4, -0.2) is 28.6 Å². The van der Waals surface area contributed by atoms with E-state index in [9.17, 15) is 4.79 Å². The van der Waals surface area contributed by atoms with Crippen molar-refractivity contribution in [1.29, 1.82) is 0 Å². The maximum Gasteiger partial charge on any atom is 0.220 e. The van der Waals surface area contributed by atoms with Crippen molar-refractivity contribution in [2.45, 2.75) is 38.1 Å². The van der Waals surface area contributed by atoms with Gasteiger partial charge in [0.15, 0.2) is 0 Å². The molecule has 0 radical (unpaired) electrons. The molecule has 1 amide bonds. The van der Waals surface area contributed by atoms with Gasteiger partial charge in [0.2, 0.25) is 5.91 Å². The molecular formula is C17H22N2O2. The normalized spacial score (nSPS) is 16.0. The fraction of sp³-hybridized carbons (Fsp3) is 0.471. The van der Waals surface area contributed by atoms with Gasteiger partial charge in [-0.05, 0) is 60.7 Å². The molecule has 1 aliphatic carbocycles. The number of carbonyl (C=O) groups excluding carboxylic acids is 1. The summed E-state index contributed by atoms with van der Waals surface area (Å²) in [4.78, 5) is 15.2. The minimum Gasteiger partial charge on any atom is -0.396 e. The summed E-state index contributed by atoms with van der Waals surface area (Å²) in [6, 6.07) is 8.46. The van der Waals surface area contributed by atoms with Crippen molar-refractivity contribution in [2.24, 2.45) is 5.92 Å². The summed E-state index contributed by atoms with van der Waals surface area (Å²) in [7, 11) is 0. The minimum atomic E-state index is 0.0921. The van der Waals surface area contributed by atoms with Crippen molar-refractivity contribution in [3.8, 4) is 0 Å². The molecule has 3 rings (SSSR count). The fourth-order valence-corrected chi connectivity index (χ4v) is 2.86. The maximum absolute atomic E-state index is 12.0. The zero-order chi connectivity index (χ0) is 14.7. The Labute approximate surface area is 124 Å². The average Bonchev–Trinajstić information content (AvgIpc) is 3.22. The smallest absolute Gasteiger partial charge is 0.220 e. The SMILES string of the molecule is O=C(CCc1ccc2[nH]ccc2c1)NC(CCO)C1CC1. The number of rotatable bonds is 7. The first-order valence-electron chi connectivity index (χ1n) is 7.72. The van der Waals surface area contributed by atoms with Crippen LogP contribution in [0.25, 0.3) is 10.9 Å². The molecule has 1 fully saturated rings. The molecule has 1 heterocycles. The lowest BCUT2D eigenvalue weighted by Crippen LogP contribution is -2.37. The molecule has 0 saturated heterocycles. The van der Waals surface area contributed by atoms with E-state index in [0.717, 1.165) is 11.9 Å². The van der Waals surface area contributed by atoms with E-state index in [2.05, 4.69) is 28.5 Å². The number of carbonyl (C=O) groups is 1. The predicted molar refractivity (Wildman–Crippen MR) is 83.0 cm³/mol. The summed E-state index contributed by atoms with van der Waals surface area (Å²) >= 11 is 0. The predicted octanol–water partition coefficient (Wildman–Crippen LogP) is 2.38. The maximum atomic E-state index is 12.0. The minimum absolute atomic E-state index is 0.0921. The van der Waals surface area contributed by atoms with Gasteiger partial charge >= 0.3 is 0 Å². The van der Waals surface area contributed by atoms with Crippen LogP contribution in [0.5, 0.6) is 0 Å². The Balaban J connectivity index is 1.52. The third kappa shape index (κ3) is 3.64. The number of aliphatic hydroxyl groups excluding tert-OH is 1.